The zero-order valence-electron chi connectivity index (χ0n) is 15.6. The highest BCUT2D eigenvalue weighted by atomic mass is 32.2. The number of thioether (sulfide) groups is 1. The Morgan fingerprint density at radius 3 is 2.56 bits per heavy atom. The molecule has 1 fully saturated rings. The van der Waals surface area contributed by atoms with Gasteiger partial charge in [-0.1, -0.05) is 29.5 Å². The first-order valence-corrected chi connectivity index (χ1v) is 10.1. The molecule has 0 aliphatic carbocycles. The number of nitrogens with zero attached hydrogens (tertiary/aromatic N) is 3. The summed E-state index contributed by atoms with van der Waals surface area (Å²) in [5.74, 6) is 2.55. The third kappa shape index (κ3) is 4.01. The lowest BCUT2D eigenvalue weighted by Gasteiger charge is -2.12. The molecule has 3 aromatic rings. The van der Waals surface area contributed by atoms with Crippen LogP contribution in [0.15, 0.2) is 53.7 Å². The van der Waals surface area contributed by atoms with Crippen LogP contribution in [0, 0.1) is 6.92 Å². The predicted molar refractivity (Wildman–Crippen MR) is 108 cm³/mol. The molecule has 1 aliphatic heterocycles. The molecule has 27 heavy (non-hydrogen) atoms. The Morgan fingerprint density at radius 2 is 1.89 bits per heavy atom. The van der Waals surface area contributed by atoms with Gasteiger partial charge >= 0.3 is 0 Å². The van der Waals surface area contributed by atoms with Crippen LogP contribution in [0.5, 0.6) is 5.75 Å². The molecule has 1 unspecified atom stereocenters. The van der Waals surface area contributed by atoms with Gasteiger partial charge in [-0.15, -0.1) is 10.2 Å². The van der Waals surface area contributed by atoms with Gasteiger partial charge in [0.2, 0.25) is 0 Å². The van der Waals surface area contributed by atoms with E-state index in [9.17, 15) is 0 Å². The smallest absolute Gasteiger partial charge is 0.196 e. The third-order valence-corrected chi connectivity index (χ3v) is 5.76. The summed E-state index contributed by atoms with van der Waals surface area (Å²) in [6.45, 7) is 2.96. The molecule has 0 N–H and O–H groups in total. The van der Waals surface area contributed by atoms with Crippen molar-refractivity contribution in [2.45, 2.75) is 31.0 Å². The minimum Gasteiger partial charge on any atom is -0.497 e. The molecule has 4 rings (SSSR count). The largest absolute Gasteiger partial charge is 0.497 e. The van der Waals surface area contributed by atoms with Crippen LogP contribution in [0.25, 0.3) is 17.1 Å². The van der Waals surface area contributed by atoms with E-state index in [1.807, 2.05) is 24.3 Å². The molecule has 0 amide bonds. The maximum atomic E-state index is 5.76. The molecular weight excluding hydrogens is 358 g/mol. The van der Waals surface area contributed by atoms with Crippen molar-refractivity contribution in [3.63, 3.8) is 0 Å². The minimum absolute atomic E-state index is 0.308. The zero-order chi connectivity index (χ0) is 18.6. The fraction of sp³-hybridized carbons (Fsp3) is 0.333. The summed E-state index contributed by atoms with van der Waals surface area (Å²) in [4.78, 5) is 0. The Morgan fingerprint density at radius 1 is 1.11 bits per heavy atom. The Labute approximate surface area is 163 Å². The van der Waals surface area contributed by atoms with Gasteiger partial charge in [0.15, 0.2) is 11.0 Å². The van der Waals surface area contributed by atoms with Crippen molar-refractivity contribution in [3.8, 4) is 22.8 Å². The van der Waals surface area contributed by atoms with Crippen molar-refractivity contribution in [1.29, 1.82) is 0 Å². The Kier molecular flexibility index (Phi) is 5.45. The van der Waals surface area contributed by atoms with Crippen LogP contribution in [0.4, 0.5) is 0 Å². The van der Waals surface area contributed by atoms with Crippen molar-refractivity contribution < 1.29 is 9.47 Å². The highest BCUT2D eigenvalue weighted by Crippen LogP contribution is 2.30. The second-order valence-electron chi connectivity index (χ2n) is 6.65. The highest BCUT2D eigenvalue weighted by Gasteiger charge is 2.20. The van der Waals surface area contributed by atoms with E-state index in [1.165, 1.54) is 5.56 Å². The molecule has 5 nitrogen and oxygen atoms in total. The number of aromatic nitrogens is 3. The van der Waals surface area contributed by atoms with Crippen LogP contribution in [0.3, 0.4) is 0 Å². The van der Waals surface area contributed by atoms with Gasteiger partial charge in [-0.05, 0) is 56.2 Å². The van der Waals surface area contributed by atoms with E-state index in [4.69, 9.17) is 9.47 Å². The van der Waals surface area contributed by atoms with Gasteiger partial charge in [0.1, 0.15) is 5.75 Å². The third-order valence-electron chi connectivity index (χ3n) is 4.70. The van der Waals surface area contributed by atoms with E-state index >= 15 is 0 Å². The number of hydrogen-bond donors (Lipinski definition) is 0. The molecule has 1 atom stereocenters. The molecule has 0 saturated carbocycles. The van der Waals surface area contributed by atoms with Crippen molar-refractivity contribution in [2.24, 2.45) is 0 Å². The number of rotatable bonds is 6. The summed E-state index contributed by atoms with van der Waals surface area (Å²) in [6, 6.07) is 16.4. The lowest BCUT2D eigenvalue weighted by Crippen LogP contribution is -2.09. The Balaban J connectivity index is 1.70. The second-order valence-corrected chi connectivity index (χ2v) is 7.64. The van der Waals surface area contributed by atoms with E-state index in [2.05, 4.69) is 46.0 Å². The summed E-state index contributed by atoms with van der Waals surface area (Å²) in [5, 5.41) is 9.87. The first kappa shape index (κ1) is 18.1. The summed E-state index contributed by atoms with van der Waals surface area (Å²) < 4.78 is 13.2. The first-order valence-electron chi connectivity index (χ1n) is 9.16. The normalized spacial score (nSPS) is 16.6. The number of benzene rings is 2. The average Bonchev–Trinajstić information content (AvgIpc) is 3.37. The topological polar surface area (TPSA) is 49.2 Å². The van der Waals surface area contributed by atoms with Crippen LogP contribution in [0.1, 0.15) is 18.4 Å². The maximum absolute atomic E-state index is 5.76. The molecule has 1 aliphatic rings. The van der Waals surface area contributed by atoms with Crippen LogP contribution < -0.4 is 4.74 Å². The van der Waals surface area contributed by atoms with Crippen LogP contribution in [-0.2, 0) is 4.74 Å². The number of aryl methyl sites for hydroxylation is 1. The molecule has 2 aromatic carbocycles. The van der Waals surface area contributed by atoms with Gasteiger partial charge in [0, 0.05) is 23.6 Å². The maximum Gasteiger partial charge on any atom is 0.196 e. The van der Waals surface area contributed by atoms with Crippen LogP contribution >= 0.6 is 11.8 Å². The van der Waals surface area contributed by atoms with Gasteiger partial charge in [-0.3, -0.25) is 4.57 Å². The van der Waals surface area contributed by atoms with Crippen molar-refractivity contribution >= 4 is 11.8 Å². The lowest BCUT2D eigenvalue weighted by molar-refractivity contribution is 0.129. The van der Waals surface area contributed by atoms with E-state index in [0.29, 0.717) is 6.10 Å². The number of ether oxygens (including phenoxy) is 2. The molecule has 6 heteroatoms. The number of methoxy groups -OCH3 is 1. The van der Waals surface area contributed by atoms with Gasteiger partial charge in [-0.25, -0.2) is 0 Å². The molecule has 2 heterocycles. The predicted octanol–water partition coefficient (Wildman–Crippen LogP) is 4.52. The lowest BCUT2D eigenvalue weighted by atomic mass is 10.2. The van der Waals surface area contributed by atoms with Gasteiger partial charge < -0.3 is 9.47 Å². The fourth-order valence-corrected chi connectivity index (χ4v) is 4.18. The van der Waals surface area contributed by atoms with Crippen LogP contribution in [0.2, 0.25) is 0 Å². The standard InChI is InChI=1S/C21H23N3O2S/c1-15-5-9-17(10-6-15)24-20(16-7-11-18(25-2)12-8-16)22-23-21(24)27-14-19-4-3-13-26-19/h5-12,19H,3-4,13-14H2,1-2H3. The van der Waals surface area contributed by atoms with E-state index < -0.39 is 0 Å². The zero-order valence-corrected chi connectivity index (χ0v) is 16.4. The van der Waals surface area contributed by atoms with Crippen molar-refractivity contribution in [3.05, 3.63) is 54.1 Å². The Bertz CT molecular complexity index is 885. The summed E-state index contributed by atoms with van der Waals surface area (Å²) in [5.41, 5.74) is 3.30. The molecule has 0 radical (unpaired) electrons. The molecule has 140 valence electrons. The van der Waals surface area contributed by atoms with Crippen molar-refractivity contribution in [1.82, 2.24) is 14.8 Å². The summed E-state index contributed by atoms with van der Waals surface area (Å²) in [7, 11) is 1.67. The van der Waals surface area contributed by atoms with Gasteiger partial charge in [0.05, 0.1) is 13.2 Å². The molecule has 1 saturated heterocycles. The molecule has 0 spiro atoms. The van der Waals surface area contributed by atoms with Crippen LogP contribution in [-0.4, -0.2) is 40.3 Å². The minimum atomic E-state index is 0.308. The first-order chi connectivity index (χ1) is 13.2. The fourth-order valence-electron chi connectivity index (χ4n) is 3.16. The summed E-state index contributed by atoms with van der Waals surface area (Å²) in [6.07, 6.45) is 2.58. The van der Waals surface area contributed by atoms with E-state index in [-0.39, 0.29) is 0 Å². The second kappa shape index (κ2) is 8.15. The number of hydrogen-bond acceptors (Lipinski definition) is 5. The van der Waals surface area contributed by atoms with Crippen molar-refractivity contribution in [2.75, 3.05) is 19.5 Å². The van der Waals surface area contributed by atoms with Gasteiger partial charge in [0.25, 0.3) is 0 Å². The van der Waals surface area contributed by atoms with E-state index in [0.717, 1.165) is 53.2 Å². The molecular formula is C21H23N3O2S. The SMILES string of the molecule is COc1ccc(-c2nnc(SCC3CCCO3)n2-c2ccc(C)cc2)cc1. The average molecular weight is 382 g/mol. The van der Waals surface area contributed by atoms with E-state index in [1.54, 1.807) is 18.9 Å². The summed E-state index contributed by atoms with van der Waals surface area (Å²) >= 11 is 1.71. The molecule has 0 bridgehead atoms. The van der Waals surface area contributed by atoms with Gasteiger partial charge in [-0.2, -0.15) is 0 Å². The Hall–Kier alpha value is -2.31. The monoisotopic (exact) mass is 381 g/mol. The highest BCUT2D eigenvalue weighted by molar-refractivity contribution is 7.99. The molecule has 1 aromatic heterocycles. The quantitative estimate of drug-likeness (QED) is 0.588.